The first-order chi connectivity index (χ1) is 8.87. The molecule has 1 saturated carbocycles. The molecule has 1 aliphatic rings. The number of aliphatic imine (C=N–C) groups is 1. The monoisotopic (exact) mass is 269 g/mol. The van der Waals surface area contributed by atoms with Gasteiger partial charge in [0.2, 0.25) is 0 Å². The van der Waals surface area contributed by atoms with E-state index >= 15 is 0 Å². The lowest BCUT2D eigenvalue weighted by atomic mass is 9.83. The molecule has 0 aromatic rings. The van der Waals surface area contributed by atoms with Crippen LogP contribution in [0.2, 0.25) is 0 Å². The van der Waals surface area contributed by atoms with E-state index in [1.54, 1.807) is 0 Å². The zero-order valence-electron chi connectivity index (χ0n) is 13.1. The van der Waals surface area contributed by atoms with E-state index < -0.39 is 0 Å². The van der Waals surface area contributed by atoms with Crippen LogP contribution in [0.1, 0.15) is 59.8 Å². The van der Waals surface area contributed by atoms with Gasteiger partial charge in [-0.05, 0) is 52.4 Å². The molecule has 1 aliphatic carbocycles. The van der Waals surface area contributed by atoms with Gasteiger partial charge < -0.3 is 15.8 Å². The number of hydrogen-bond donors (Lipinski definition) is 2. The zero-order valence-corrected chi connectivity index (χ0v) is 13.1. The van der Waals surface area contributed by atoms with Crippen LogP contribution in [0.25, 0.3) is 0 Å². The Hall–Kier alpha value is -0.770. The fourth-order valence-corrected chi connectivity index (χ4v) is 2.72. The number of hydrogen-bond acceptors (Lipinski definition) is 2. The fourth-order valence-electron chi connectivity index (χ4n) is 2.72. The number of guanidine groups is 1. The van der Waals surface area contributed by atoms with Gasteiger partial charge in [0.25, 0.3) is 0 Å². The highest BCUT2D eigenvalue weighted by Gasteiger charge is 2.33. The van der Waals surface area contributed by atoms with Gasteiger partial charge in [0, 0.05) is 25.3 Å². The topological polar surface area (TPSA) is 59.6 Å². The highest BCUT2D eigenvalue weighted by Crippen LogP contribution is 2.41. The SMILES string of the molecule is CCOCCC1(CN=C(N)NC(C)(C)C)CCCC1. The maximum absolute atomic E-state index is 5.96. The average Bonchev–Trinajstić information content (AvgIpc) is 2.74. The molecule has 0 atom stereocenters. The van der Waals surface area contributed by atoms with Crippen LogP contribution in [0.3, 0.4) is 0 Å². The van der Waals surface area contributed by atoms with E-state index in [1.165, 1.54) is 25.7 Å². The van der Waals surface area contributed by atoms with Crippen LogP contribution in [-0.4, -0.2) is 31.3 Å². The Bertz CT molecular complexity index is 288. The first-order valence-corrected chi connectivity index (χ1v) is 7.53. The van der Waals surface area contributed by atoms with Crippen molar-refractivity contribution in [2.24, 2.45) is 16.1 Å². The van der Waals surface area contributed by atoms with Crippen molar-refractivity contribution in [1.82, 2.24) is 5.32 Å². The Morgan fingerprint density at radius 3 is 2.47 bits per heavy atom. The summed E-state index contributed by atoms with van der Waals surface area (Å²) in [6.45, 7) is 10.8. The molecule has 112 valence electrons. The van der Waals surface area contributed by atoms with Gasteiger partial charge in [-0.3, -0.25) is 4.99 Å². The second-order valence-electron chi connectivity index (χ2n) is 6.73. The second-order valence-corrected chi connectivity index (χ2v) is 6.73. The highest BCUT2D eigenvalue weighted by atomic mass is 16.5. The van der Waals surface area contributed by atoms with Gasteiger partial charge in [-0.15, -0.1) is 0 Å². The molecule has 1 fully saturated rings. The summed E-state index contributed by atoms with van der Waals surface area (Å²) in [5.41, 5.74) is 6.25. The lowest BCUT2D eigenvalue weighted by Gasteiger charge is -2.28. The van der Waals surface area contributed by atoms with E-state index in [9.17, 15) is 0 Å². The van der Waals surface area contributed by atoms with Crippen molar-refractivity contribution >= 4 is 5.96 Å². The normalized spacial score (nSPS) is 19.7. The van der Waals surface area contributed by atoms with Crippen LogP contribution in [-0.2, 0) is 4.74 Å². The van der Waals surface area contributed by atoms with Crippen molar-refractivity contribution < 1.29 is 4.74 Å². The molecule has 1 rings (SSSR count). The Labute approximate surface area is 118 Å². The first kappa shape index (κ1) is 16.3. The molecule has 19 heavy (non-hydrogen) atoms. The summed E-state index contributed by atoms with van der Waals surface area (Å²) in [5.74, 6) is 0.565. The quantitative estimate of drug-likeness (QED) is 0.443. The lowest BCUT2D eigenvalue weighted by molar-refractivity contribution is 0.107. The number of nitrogens with two attached hydrogens (primary N) is 1. The predicted octanol–water partition coefficient (Wildman–Crippen LogP) is 2.68. The summed E-state index contributed by atoms with van der Waals surface area (Å²) in [4.78, 5) is 4.57. The molecule has 3 N–H and O–H groups in total. The smallest absolute Gasteiger partial charge is 0.189 e. The van der Waals surface area contributed by atoms with Gasteiger partial charge in [0.05, 0.1) is 0 Å². The van der Waals surface area contributed by atoms with Gasteiger partial charge >= 0.3 is 0 Å². The molecule has 0 spiro atoms. The molecule has 0 amide bonds. The minimum Gasteiger partial charge on any atom is -0.382 e. The van der Waals surface area contributed by atoms with E-state index in [0.29, 0.717) is 11.4 Å². The first-order valence-electron chi connectivity index (χ1n) is 7.53. The van der Waals surface area contributed by atoms with Gasteiger partial charge in [-0.25, -0.2) is 0 Å². The Balaban J connectivity index is 2.51. The van der Waals surface area contributed by atoms with Crippen LogP contribution in [0.4, 0.5) is 0 Å². The summed E-state index contributed by atoms with van der Waals surface area (Å²) < 4.78 is 5.51. The van der Waals surface area contributed by atoms with Gasteiger partial charge in [-0.1, -0.05) is 12.8 Å². The summed E-state index contributed by atoms with van der Waals surface area (Å²) in [6, 6.07) is 0. The van der Waals surface area contributed by atoms with E-state index in [1.807, 2.05) is 6.92 Å². The number of nitrogens with one attached hydrogen (secondary N) is 1. The maximum atomic E-state index is 5.96. The molecule has 0 saturated heterocycles. The van der Waals surface area contributed by atoms with Crippen LogP contribution < -0.4 is 11.1 Å². The van der Waals surface area contributed by atoms with Crippen molar-refractivity contribution in [2.45, 2.75) is 65.3 Å². The molecule has 0 aromatic carbocycles. The molecule has 0 bridgehead atoms. The summed E-state index contributed by atoms with van der Waals surface area (Å²) in [6.07, 6.45) is 6.24. The molecule has 4 nitrogen and oxygen atoms in total. The molecule has 0 heterocycles. The Morgan fingerprint density at radius 1 is 1.32 bits per heavy atom. The molecule has 0 unspecified atom stereocenters. The predicted molar refractivity (Wildman–Crippen MR) is 81.4 cm³/mol. The standard InChI is InChI=1S/C15H31N3O/c1-5-19-11-10-15(8-6-7-9-15)12-17-13(16)18-14(2,3)4/h5-12H2,1-4H3,(H3,16,17,18). The third-order valence-corrected chi connectivity index (χ3v) is 3.73. The molecular weight excluding hydrogens is 238 g/mol. The largest absolute Gasteiger partial charge is 0.382 e. The highest BCUT2D eigenvalue weighted by molar-refractivity contribution is 5.78. The Kier molecular flexibility index (Phi) is 6.11. The van der Waals surface area contributed by atoms with Crippen LogP contribution in [0, 0.1) is 5.41 Å². The minimum atomic E-state index is -0.0260. The van der Waals surface area contributed by atoms with E-state index in [4.69, 9.17) is 10.5 Å². The van der Waals surface area contributed by atoms with Crippen molar-refractivity contribution in [2.75, 3.05) is 19.8 Å². The molecular formula is C15H31N3O. The summed E-state index contributed by atoms with van der Waals surface area (Å²) in [5, 5.41) is 3.22. The lowest BCUT2D eigenvalue weighted by Crippen LogP contribution is -2.45. The van der Waals surface area contributed by atoms with Crippen molar-refractivity contribution in [1.29, 1.82) is 0 Å². The van der Waals surface area contributed by atoms with Crippen molar-refractivity contribution in [3.8, 4) is 0 Å². The van der Waals surface area contributed by atoms with Crippen LogP contribution in [0.5, 0.6) is 0 Å². The van der Waals surface area contributed by atoms with Crippen molar-refractivity contribution in [3.63, 3.8) is 0 Å². The van der Waals surface area contributed by atoms with Gasteiger partial charge in [0.15, 0.2) is 5.96 Å². The fraction of sp³-hybridized carbons (Fsp3) is 0.933. The minimum absolute atomic E-state index is 0.0260. The molecule has 0 radical (unpaired) electrons. The number of ether oxygens (including phenoxy) is 1. The van der Waals surface area contributed by atoms with E-state index in [2.05, 4.69) is 31.1 Å². The summed E-state index contributed by atoms with van der Waals surface area (Å²) >= 11 is 0. The third-order valence-electron chi connectivity index (χ3n) is 3.73. The molecule has 4 heteroatoms. The van der Waals surface area contributed by atoms with E-state index in [-0.39, 0.29) is 5.54 Å². The second kappa shape index (κ2) is 7.13. The van der Waals surface area contributed by atoms with Gasteiger partial charge in [-0.2, -0.15) is 0 Å². The molecule has 0 aromatic heterocycles. The van der Waals surface area contributed by atoms with Crippen LogP contribution in [0.15, 0.2) is 4.99 Å². The Morgan fingerprint density at radius 2 is 1.95 bits per heavy atom. The molecule has 0 aliphatic heterocycles. The zero-order chi connectivity index (χ0) is 14.4. The summed E-state index contributed by atoms with van der Waals surface area (Å²) in [7, 11) is 0. The third kappa shape index (κ3) is 6.28. The van der Waals surface area contributed by atoms with E-state index in [0.717, 1.165) is 26.2 Å². The average molecular weight is 269 g/mol. The number of rotatable bonds is 6. The van der Waals surface area contributed by atoms with Crippen LogP contribution >= 0.6 is 0 Å². The van der Waals surface area contributed by atoms with Crippen molar-refractivity contribution in [3.05, 3.63) is 0 Å². The number of nitrogens with zero attached hydrogens (tertiary/aromatic N) is 1. The maximum Gasteiger partial charge on any atom is 0.189 e. The van der Waals surface area contributed by atoms with Gasteiger partial charge in [0.1, 0.15) is 0 Å².